The van der Waals surface area contributed by atoms with Gasteiger partial charge in [-0.25, -0.2) is 4.68 Å². The highest BCUT2D eigenvalue weighted by Crippen LogP contribution is 2.22. The fourth-order valence-corrected chi connectivity index (χ4v) is 4.45. The molecular weight excluding hydrogens is 426 g/mol. The first-order chi connectivity index (χ1) is 15.6. The van der Waals surface area contributed by atoms with Crippen molar-refractivity contribution in [2.24, 2.45) is 5.73 Å². The summed E-state index contributed by atoms with van der Waals surface area (Å²) in [5.41, 5.74) is 13.4. The van der Waals surface area contributed by atoms with Crippen molar-refractivity contribution in [2.75, 3.05) is 56.6 Å². The third kappa shape index (κ3) is 5.87. The molecule has 2 aliphatic rings. The van der Waals surface area contributed by atoms with Crippen LogP contribution in [0.15, 0.2) is 24.3 Å². The Bertz CT molecular complexity index is 894. The van der Waals surface area contributed by atoms with Gasteiger partial charge in [-0.3, -0.25) is 4.90 Å². The van der Waals surface area contributed by atoms with Crippen LogP contribution in [-0.4, -0.2) is 70.7 Å². The summed E-state index contributed by atoms with van der Waals surface area (Å²) in [5.74, 6) is 1.73. The standard InChI is InChI=1S/C22H33N7O2S/c23-20(32)19(29-21(24)25-22(26-29)28-10-13-30-14-11-28)7-12-31-18-6-4-5-17(15-18)16-27-8-2-1-3-9-27/h4-6,15,19H,1-3,7-14,16H2,(H2,23,32)(H2,24,25,26). The molecule has 0 spiro atoms. The van der Waals surface area contributed by atoms with Gasteiger partial charge in [-0.2, -0.15) is 4.98 Å². The van der Waals surface area contributed by atoms with Crippen molar-refractivity contribution >= 4 is 29.1 Å². The molecule has 0 saturated carbocycles. The molecule has 9 nitrogen and oxygen atoms in total. The summed E-state index contributed by atoms with van der Waals surface area (Å²) in [6.07, 6.45) is 4.47. The summed E-state index contributed by atoms with van der Waals surface area (Å²) in [5, 5.41) is 4.58. The molecule has 0 aliphatic carbocycles. The van der Waals surface area contributed by atoms with Crippen molar-refractivity contribution in [2.45, 2.75) is 38.3 Å². The van der Waals surface area contributed by atoms with E-state index in [1.807, 2.05) is 12.1 Å². The largest absolute Gasteiger partial charge is 0.493 e. The lowest BCUT2D eigenvalue weighted by Gasteiger charge is -2.26. The van der Waals surface area contributed by atoms with E-state index in [1.165, 1.54) is 37.9 Å². The number of hydrogen-bond acceptors (Lipinski definition) is 8. The third-order valence-corrected chi connectivity index (χ3v) is 6.25. The Hall–Kier alpha value is -2.43. The molecule has 3 heterocycles. The van der Waals surface area contributed by atoms with E-state index in [0.717, 1.165) is 25.4 Å². The molecule has 2 aromatic rings. The van der Waals surface area contributed by atoms with Crippen molar-refractivity contribution in [1.82, 2.24) is 19.7 Å². The highest BCUT2D eigenvalue weighted by Gasteiger charge is 2.23. The number of anilines is 2. The van der Waals surface area contributed by atoms with Gasteiger partial charge >= 0.3 is 0 Å². The predicted molar refractivity (Wildman–Crippen MR) is 129 cm³/mol. The van der Waals surface area contributed by atoms with E-state index in [-0.39, 0.29) is 6.04 Å². The second-order valence-corrected chi connectivity index (χ2v) is 8.82. The van der Waals surface area contributed by atoms with Gasteiger partial charge in [0, 0.05) is 26.1 Å². The van der Waals surface area contributed by atoms with Gasteiger partial charge in [0.2, 0.25) is 11.9 Å². The van der Waals surface area contributed by atoms with Gasteiger partial charge < -0.3 is 25.8 Å². The Morgan fingerprint density at radius 2 is 1.94 bits per heavy atom. The van der Waals surface area contributed by atoms with Crippen molar-refractivity contribution in [3.63, 3.8) is 0 Å². The lowest BCUT2D eigenvalue weighted by atomic mass is 10.1. The maximum atomic E-state index is 6.15. The van der Waals surface area contributed by atoms with E-state index in [4.69, 9.17) is 33.2 Å². The Kier molecular flexibility index (Phi) is 7.77. The average molecular weight is 460 g/mol. The summed E-state index contributed by atoms with van der Waals surface area (Å²) in [6, 6.07) is 7.94. The van der Waals surface area contributed by atoms with Crippen LogP contribution >= 0.6 is 12.2 Å². The maximum Gasteiger partial charge on any atom is 0.246 e. The lowest BCUT2D eigenvalue weighted by molar-refractivity contribution is 0.122. The van der Waals surface area contributed by atoms with Crippen LogP contribution in [0.2, 0.25) is 0 Å². The van der Waals surface area contributed by atoms with Gasteiger partial charge in [0.1, 0.15) is 11.8 Å². The smallest absolute Gasteiger partial charge is 0.246 e. The van der Waals surface area contributed by atoms with Crippen molar-refractivity contribution in [3.05, 3.63) is 29.8 Å². The first kappa shape index (κ1) is 22.8. The van der Waals surface area contributed by atoms with Crippen molar-refractivity contribution < 1.29 is 9.47 Å². The van der Waals surface area contributed by atoms with Gasteiger partial charge in [0.25, 0.3) is 0 Å². The molecule has 2 saturated heterocycles. The molecule has 2 fully saturated rings. The molecule has 174 valence electrons. The number of nitrogens with two attached hydrogens (primary N) is 2. The molecule has 1 aromatic heterocycles. The van der Waals surface area contributed by atoms with Crippen LogP contribution in [0.4, 0.5) is 11.9 Å². The maximum absolute atomic E-state index is 6.15. The summed E-state index contributed by atoms with van der Waals surface area (Å²) in [4.78, 5) is 9.29. The summed E-state index contributed by atoms with van der Waals surface area (Å²) in [7, 11) is 0. The van der Waals surface area contributed by atoms with Gasteiger partial charge in [0.15, 0.2) is 0 Å². The molecule has 0 amide bonds. The number of thiocarbonyl (C=S) groups is 1. The fourth-order valence-electron chi connectivity index (χ4n) is 4.23. The molecular formula is C22H33N7O2S. The number of hydrogen-bond donors (Lipinski definition) is 2. The number of likely N-dealkylation sites (tertiary alicyclic amines) is 1. The van der Waals surface area contributed by atoms with E-state index in [1.54, 1.807) is 4.68 Å². The van der Waals surface area contributed by atoms with Crippen LogP contribution in [0.5, 0.6) is 5.75 Å². The van der Waals surface area contributed by atoms with Crippen LogP contribution < -0.4 is 21.1 Å². The fraction of sp³-hybridized carbons (Fsp3) is 0.591. The highest BCUT2D eigenvalue weighted by atomic mass is 32.1. The monoisotopic (exact) mass is 459 g/mol. The Morgan fingerprint density at radius 1 is 1.16 bits per heavy atom. The van der Waals surface area contributed by atoms with E-state index < -0.39 is 0 Å². The van der Waals surface area contributed by atoms with E-state index in [0.29, 0.717) is 43.1 Å². The number of nitrogen functional groups attached to an aromatic ring is 1. The molecule has 0 radical (unpaired) electrons. The van der Waals surface area contributed by atoms with Crippen molar-refractivity contribution in [3.8, 4) is 5.75 Å². The molecule has 4 N–H and O–H groups in total. The minimum absolute atomic E-state index is 0.299. The average Bonchev–Trinajstić information content (AvgIpc) is 3.19. The molecule has 1 aromatic carbocycles. The molecule has 32 heavy (non-hydrogen) atoms. The molecule has 10 heteroatoms. The number of aromatic nitrogens is 3. The summed E-state index contributed by atoms with van der Waals surface area (Å²) in [6.45, 7) is 6.53. The lowest BCUT2D eigenvalue weighted by Crippen LogP contribution is -2.37. The second kappa shape index (κ2) is 10.9. The molecule has 1 atom stereocenters. The van der Waals surface area contributed by atoms with E-state index in [2.05, 4.69) is 32.0 Å². The minimum atomic E-state index is -0.358. The molecule has 4 rings (SSSR count). The van der Waals surface area contributed by atoms with Gasteiger partial charge in [0.05, 0.1) is 24.8 Å². The predicted octanol–water partition coefficient (Wildman–Crippen LogP) is 1.98. The first-order valence-electron chi connectivity index (χ1n) is 11.4. The Balaban J connectivity index is 1.35. The van der Waals surface area contributed by atoms with Crippen LogP contribution in [0, 0.1) is 0 Å². The van der Waals surface area contributed by atoms with E-state index >= 15 is 0 Å². The SMILES string of the molecule is NC(=S)C(CCOc1cccc(CN2CCCCC2)c1)n1nc(N2CCOCC2)nc1N. The number of morpholine rings is 1. The molecule has 1 unspecified atom stereocenters. The quantitative estimate of drug-likeness (QED) is 0.544. The third-order valence-electron chi connectivity index (χ3n) is 5.98. The van der Waals surface area contributed by atoms with Crippen LogP contribution in [0.3, 0.4) is 0 Å². The number of ether oxygens (including phenoxy) is 2. The molecule has 2 aliphatic heterocycles. The summed E-state index contributed by atoms with van der Waals surface area (Å²) >= 11 is 5.31. The second-order valence-electron chi connectivity index (χ2n) is 8.35. The highest BCUT2D eigenvalue weighted by molar-refractivity contribution is 7.80. The Labute approximate surface area is 194 Å². The van der Waals surface area contributed by atoms with Crippen LogP contribution in [0.25, 0.3) is 0 Å². The number of nitrogens with zero attached hydrogens (tertiary/aromatic N) is 5. The number of piperidine rings is 1. The summed E-state index contributed by atoms with van der Waals surface area (Å²) < 4.78 is 13.0. The topological polar surface area (TPSA) is 108 Å². The van der Waals surface area contributed by atoms with Gasteiger partial charge in [-0.1, -0.05) is 30.8 Å². The number of benzene rings is 1. The van der Waals surface area contributed by atoms with Gasteiger partial charge in [-0.15, -0.1) is 5.10 Å². The molecule has 0 bridgehead atoms. The zero-order valence-corrected chi connectivity index (χ0v) is 19.3. The minimum Gasteiger partial charge on any atom is -0.493 e. The zero-order valence-electron chi connectivity index (χ0n) is 18.5. The van der Waals surface area contributed by atoms with Crippen LogP contribution in [-0.2, 0) is 11.3 Å². The van der Waals surface area contributed by atoms with Crippen LogP contribution in [0.1, 0.15) is 37.3 Å². The van der Waals surface area contributed by atoms with E-state index in [9.17, 15) is 0 Å². The Morgan fingerprint density at radius 3 is 2.69 bits per heavy atom. The normalized spacial score (nSPS) is 18.4. The van der Waals surface area contributed by atoms with Gasteiger partial charge in [-0.05, 0) is 43.6 Å². The number of rotatable bonds is 9. The van der Waals surface area contributed by atoms with Crippen molar-refractivity contribution in [1.29, 1.82) is 0 Å². The zero-order chi connectivity index (χ0) is 22.3. The first-order valence-corrected chi connectivity index (χ1v) is 11.8.